The van der Waals surface area contributed by atoms with Crippen LogP contribution in [-0.2, 0) is 19.1 Å². The Balaban J connectivity index is 1.30. The number of fused-ring (bicyclic) bond motifs is 3. The van der Waals surface area contributed by atoms with Crippen molar-refractivity contribution in [3.05, 3.63) is 59.7 Å². The molecule has 0 saturated heterocycles. The second kappa shape index (κ2) is 11.4. The maximum atomic E-state index is 12.8. The zero-order chi connectivity index (χ0) is 24.8. The first-order valence-corrected chi connectivity index (χ1v) is 12.2. The lowest BCUT2D eigenvalue weighted by atomic mass is 9.98. The Bertz CT molecular complexity index is 1020. The summed E-state index contributed by atoms with van der Waals surface area (Å²) in [6, 6.07) is 16.4. The highest BCUT2D eigenvalue weighted by molar-refractivity contribution is 5.79. The Kier molecular flexibility index (Phi) is 8.02. The molecule has 0 radical (unpaired) electrons. The second-order valence-electron chi connectivity index (χ2n) is 8.95. The van der Waals surface area contributed by atoms with E-state index in [2.05, 4.69) is 29.6 Å². The summed E-state index contributed by atoms with van der Waals surface area (Å²) in [5.41, 5.74) is 4.60. The van der Waals surface area contributed by atoms with Gasteiger partial charge in [-0.15, -0.1) is 0 Å². The lowest BCUT2D eigenvalue weighted by Gasteiger charge is -2.25. The van der Waals surface area contributed by atoms with Crippen molar-refractivity contribution in [1.82, 2.24) is 10.2 Å². The molecule has 0 bridgehead atoms. The number of aliphatic carboxylic acids is 1. The maximum Gasteiger partial charge on any atom is 0.407 e. The number of rotatable bonds is 12. The van der Waals surface area contributed by atoms with Crippen LogP contribution in [0.2, 0.25) is 0 Å². The van der Waals surface area contributed by atoms with E-state index >= 15 is 0 Å². The fourth-order valence-electron chi connectivity index (χ4n) is 4.70. The SMILES string of the molecule is CCOC(CNC(=O)OCC1c2ccccc2-c2ccccc21)CC(=O)N(CCC(=O)O)C1CC1. The summed E-state index contributed by atoms with van der Waals surface area (Å²) in [4.78, 5) is 37.9. The van der Waals surface area contributed by atoms with Crippen molar-refractivity contribution in [1.29, 1.82) is 0 Å². The van der Waals surface area contributed by atoms with Crippen molar-refractivity contribution in [2.75, 3.05) is 26.3 Å². The molecule has 1 atom stereocenters. The number of hydrogen-bond acceptors (Lipinski definition) is 5. The van der Waals surface area contributed by atoms with E-state index < -0.39 is 18.2 Å². The Morgan fingerprint density at radius 2 is 1.69 bits per heavy atom. The molecule has 1 unspecified atom stereocenters. The van der Waals surface area contributed by atoms with Gasteiger partial charge in [0.2, 0.25) is 5.91 Å². The van der Waals surface area contributed by atoms with Gasteiger partial charge in [0.1, 0.15) is 6.61 Å². The number of amides is 2. The molecule has 0 aliphatic heterocycles. The first-order valence-electron chi connectivity index (χ1n) is 12.2. The first-order chi connectivity index (χ1) is 17.0. The molecule has 1 saturated carbocycles. The second-order valence-corrected chi connectivity index (χ2v) is 8.95. The molecule has 35 heavy (non-hydrogen) atoms. The Morgan fingerprint density at radius 1 is 1.06 bits per heavy atom. The van der Waals surface area contributed by atoms with E-state index in [1.807, 2.05) is 31.2 Å². The quantitative estimate of drug-likeness (QED) is 0.479. The normalized spacial score (nSPS) is 15.1. The summed E-state index contributed by atoms with van der Waals surface area (Å²) in [7, 11) is 0. The largest absolute Gasteiger partial charge is 0.481 e. The number of carboxylic acids is 1. The van der Waals surface area contributed by atoms with Gasteiger partial charge in [0.25, 0.3) is 0 Å². The van der Waals surface area contributed by atoms with Crippen LogP contribution in [0, 0.1) is 0 Å². The molecule has 0 heterocycles. The van der Waals surface area contributed by atoms with E-state index in [-0.39, 0.29) is 50.4 Å². The van der Waals surface area contributed by atoms with Gasteiger partial charge in [0.05, 0.1) is 18.9 Å². The highest BCUT2D eigenvalue weighted by Gasteiger charge is 2.34. The van der Waals surface area contributed by atoms with Gasteiger partial charge in [-0.05, 0) is 42.0 Å². The molecule has 8 heteroatoms. The average Bonchev–Trinajstić information content (AvgIpc) is 3.63. The van der Waals surface area contributed by atoms with Crippen molar-refractivity contribution in [2.45, 2.75) is 50.7 Å². The molecule has 2 aliphatic rings. The van der Waals surface area contributed by atoms with Crippen LogP contribution in [0.1, 0.15) is 49.7 Å². The topological polar surface area (TPSA) is 105 Å². The monoisotopic (exact) mass is 480 g/mol. The Morgan fingerprint density at radius 3 is 2.26 bits per heavy atom. The van der Waals surface area contributed by atoms with E-state index in [0.29, 0.717) is 6.61 Å². The Labute approximate surface area is 205 Å². The molecule has 2 aliphatic carbocycles. The molecule has 4 rings (SSSR count). The minimum absolute atomic E-state index is 0.0289. The van der Waals surface area contributed by atoms with Crippen LogP contribution in [0.3, 0.4) is 0 Å². The molecule has 186 valence electrons. The molecule has 2 amide bonds. The number of carbonyl (C=O) groups is 3. The van der Waals surface area contributed by atoms with Crippen LogP contribution in [0.25, 0.3) is 11.1 Å². The summed E-state index contributed by atoms with van der Waals surface area (Å²) in [5, 5.41) is 11.7. The van der Waals surface area contributed by atoms with Crippen molar-refractivity contribution in [2.24, 2.45) is 0 Å². The van der Waals surface area contributed by atoms with Crippen LogP contribution in [0.5, 0.6) is 0 Å². The molecule has 2 aromatic carbocycles. The molecular formula is C27H32N2O6. The van der Waals surface area contributed by atoms with E-state index in [4.69, 9.17) is 14.6 Å². The summed E-state index contributed by atoms with van der Waals surface area (Å²) < 4.78 is 11.2. The lowest BCUT2D eigenvalue weighted by Crippen LogP contribution is -2.41. The van der Waals surface area contributed by atoms with Gasteiger partial charge in [-0.3, -0.25) is 9.59 Å². The van der Waals surface area contributed by atoms with Crippen LogP contribution in [0.4, 0.5) is 4.79 Å². The molecule has 8 nitrogen and oxygen atoms in total. The minimum Gasteiger partial charge on any atom is -0.481 e. The number of carboxylic acid groups (broad SMARTS) is 1. The van der Waals surface area contributed by atoms with Crippen LogP contribution in [0.15, 0.2) is 48.5 Å². The summed E-state index contributed by atoms with van der Waals surface area (Å²) >= 11 is 0. The van der Waals surface area contributed by atoms with Crippen LogP contribution >= 0.6 is 0 Å². The van der Waals surface area contributed by atoms with E-state index in [9.17, 15) is 14.4 Å². The van der Waals surface area contributed by atoms with E-state index in [0.717, 1.165) is 35.1 Å². The molecule has 1 fully saturated rings. The van der Waals surface area contributed by atoms with Crippen molar-refractivity contribution in [3.63, 3.8) is 0 Å². The third-order valence-corrected chi connectivity index (χ3v) is 6.50. The van der Waals surface area contributed by atoms with Gasteiger partial charge >= 0.3 is 12.1 Å². The van der Waals surface area contributed by atoms with E-state index in [1.165, 1.54) is 0 Å². The van der Waals surface area contributed by atoms with Crippen LogP contribution < -0.4 is 5.32 Å². The molecular weight excluding hydrogens is 448 g/mol. The number of nitrogens with one attached hydrogen (secondary N) is 1. The fraction of sp³-hybridized carbons (Fsp3) is 0.444. The predicted molar refractivity (Wildman–Crippen MR) is 130 cm³/mol. The fourth-order valence-corrected chi connectivity index (χ4v) is 4.70. The van der Waals surface area contributed by atoms with Gasteiger partial charge < -0.3 is 24.8 Å². The third kappa shape index (κ3) is 6.19. The minimum atomic E-state index is -0.929. The lowest BCUT2D eigenvalue weighted by molar-refractivity contribution is -0.139. The van der Waals surface area contributed by atoms with Crippen molar-refractivity contribution in [3.8, 4) is 11.1 Å². The predicted octanol–water partition coefficient (Wildman–Crippen LogP) is 3.79. The average molecular weight is 481 g/mol. The zero-order valence-corrected chi connectivity index (χ0v) is 19.9. The highest BCUT2D eigenvalue weighted by Crippen LogP contribution is 2.44. The highest BCUT2D eigenvalue weighted by atomic mass is 16.5. The van der Waals surface area contributed by atoms with Gasteiger partial charge in [-0.2, -0.15) is 0 Å². The number of benzene rings is 2. The summed E-state index contributed by atoms with van der Waals surface area (Å²) in [6.45, 7) is 2.75. The molecule has 2 N–H and O–H groups in total. The number of hydrogen-bond donors (Lipinski definition) is 2. The van der Waals surface area contributed by atoms with Crippen LogP contribution in [-0.4, -0.2) is 66.4 Å². The number of alkyl carbamates (subject to hydrolysis) is 1. The molecule has 2 aromatic rings. The van der Waals surface area contributed by atoms with Gasteiger partial charge in [-0.1, -0.05) is 48.5 Å². The van der Waals surface area contributed by atoms with E-state index in [1.54, 1.807) is 4.90 Å². The summed E-state index contributed by atoms with van der Waals surface area (Å²) in [5.74, 6) is -1.11. The maximum absolute atomic E-state index is 12.8. The molecule has 0 spiro atoms. The standard InChI is InChI=1S/C27H32N2O6/c1-2-34-19(15-25(30)29(18-11-12-18)14-13-26(31)32)16-28-27(33)35-17-24-22-9-5-3-7-20(22)21-8-4-6-10-23(21)24/h3-10,18-19,24H,2,11-17H2,1H3,(H,28,33)(H,31,32). The molecule has 0 aromatic heterocycles. The summed E-state index contributed by atoms with van der Waals surface area (Å²) in [6.07, 6.45) is 0.700. The van der Waals surface area contributed by atoms with Gasteiger partial charge in [-0.25, -0.2) is 4.79 Å². The van der Waals surface area contributed by atoms with Crippen molar-refractivity contribution < 1.29 is 29.0 Å². The zero-order valence-electron chi connectivity index (χ0n) is 19.9. The number of carbonyl (C=O) groups excluding carboxylic acids is 2. The smallest absolute Gasteiger partial charge is 0.407 e. The number of nitrogens with zero attached hydrogens (tertiary/aromatic N) is 1. The van der Waals surface area contributed by atoms with Gasteiger partial charge in [0, 0.05) is 31.7 Å². The van der Waals surface area contributed by atoms with Crippen molar-refractivity contribution >= 4 is 18.0 Å². The first kappa shape index (κ1) is 24.7. The van der Waals surface area contributed by atoms with Gasteiger partial charge in [0.15, 0.2) is 0 Å². The third-order valence-electron chi connectivity index (χ3n) is 6.50. The number of ether oxygens (including phenoxy) is 2. The Hall–Kier alpha value is -3.39.